The second-order valence-corrected chi connectivity index (χ2v) is 5.36. The van der Waals surface area contributed by atoms with Crippen molar-refractivity contribution >= 4 is 22.6 Å². The van der Waals surface area contributed by atoms with Gasteiger partial charge in [0, 0.05) is 17.1 Å². The third-order valence-corrected chi connectivity index (χ3v) is 3.86. The molecule has 0 saturated heterocycles. The summed E-state index contributed by atoms with van der Waals surface area (Å²) in [6, 6.07) is 13.0. The van der Waals surface area contributed by atoms with Gasteiger partial charge in [-0.25, -0.2) is 0 Å². The highest BCUT2D eigenvalue weighted by Gasteiger charge is 2.18. The van der Waals surface area contributed by atoms with E-state index < -0.39 is 0 Å². The number of nitrogens with one attached hydrogen (secondary N) is 1. The molecule has 1 aliphatic rings. The minimum absolute atomic E-state index is 0.211. The van der Waals surface area contributed by atoms with E-state index in [1.165, 1.54) is 5.56 Å². The number of aryl methyl sites for hydroxylation is 1. The summed E-state index contributed by atoms with van der Waals surface area (Å²) in [5.41, 5.74) is 2.56. The van der Waals surface area contributed by atoms with Crippen LogP contribution in [-0.2, 0) is 6.42 Å². The second kappa shape index (κ2) is 5.35. The lowest BCUT2D eigenvalue weighted by molar-refractivity contribution is 0.0998. The first kappa shape index (κ1) is 13.7. The third kappa shape index (κ3) is 2.50. The number of hydrogen-bond donors (Lipinski definition) is 1. The van der Waals surface area contributed by atoms with E-state index in [1.807, 2.05) is 30.3 Å². The Bertz CT molecular complexity index is 839. The highest BCUT2D eigenvalue weighted by molar-refractivity contribution is 6.04. The van der Waals surface area contributed by atoms with Crippen LogP contribution in [-0.4, -0.2) is 12.7 Å². The maximum Gasteiger partial charge on any atom is 0.291 e. The van der Waals surface area contributed by atoms with E-state index in [4.69, 9.17) is 13.9 Å². The van der Waals surface area contributed by atoms with Crippen molar-refractivity contribution in [3.05, 3.63) is 53.8 Å². The number of carbonyl (C=O) groups excluding carboxylic acids is 1. The normalized spacial score (nSPS) is 12.6. The molecule has 1 aromatic heterocycles. The van der Waals surface area contributed by atoms with Crippen LogP contribution in [0.25, 0.3) is 11.0 Å². The van der Waals surface area contributed by atoms with Gasteiger partial charge in [0.25, 0.3) is 5.91 Å². The molecule has 0 saturated carbocycles. The second-order valence-electron chi connectivity index (χ2n) is 5.36. The fourth-order valence-corrected chi connectivity index (χ4v) is 2.56. The number of fused-ring (bicyclic) bond motifs is 2. The maximum absolute atomic E-state index is 12.3. The van der Waals surface area contributed by atoms with Crippen molar-refractivity contribution in [1.82, 2.24) is 0 Å². The quantitative estimate of drug-likeness (QED) is 0.795. The van der Waals surface area contributed by atoms with Crippen LogP contribution in [0.1, 0.15) is 23.0 Å². The summed E-state index contributed by atoms with van der Waals surface area (Å²) in [6.07, 6.45) is 0.965. The number of anilines is 1. The highest BCUT2D eigenvalue weighted by atomic mass is 16.7. The van der Waals surface area contributed by atoms with Crippen LogP contribution in [0.3, 0.4) is 0 Å². The number of rotatable bonds is 3. The number of amides is 1. The van der Waals surface area contributed by atoms with Crippen LogP contribution < -0.4 is 14.8 Å². The Morgan fingerprint density at radius 2 is 1.83 bits per heavy atom. The average Bonchev–Trinajstić information content (AvgIpc) is 3.18. The van der Waals surface area contributed by atoms with Gasteiger partial charge in [-0.3, -0.25) is 4.79 Å². The molecule has 2 aromatic carbocycles. The van der Waals surface area contributed by atoms with E-state index in [2.05, 4.69) is 12.2 Å². The Kier molecular flexibility index (Phi) is 3.19. The zero-order chi connectivity index (χ0) is 15.8. The number of carbonyl (C=O) groups is 1. The summed E-state index contributed by atoms with van der Waals surface area (Å²) in [5.74, 6) is 1.27. The van der Waals surface area contributed by atoms with Gasteiger partial charge in [-0.15, -0.1) is 0 Å². The molecular formula is C18H15NO4. The molecule has 1 amide bonds. The van der Waals surface area contributed by atoms with Crippen molar-refractivity contribution < 1.29 is 18.7 Å². The van der Waals surface area contributed by atoms with E-state index in [0.717, 1.165) is 17.5 Å². The van der Waals surface area contributed by atoms with Gasteiger partial charge in [-0.2, -0.15) is 0 Å². The van der Waals surface area contributed by atoms with Crippen LogP contribution in [0.2, 0.25) is 0 Å². The van der Waals surface area contributed by atoms with Crippen molar-refractivity contribution in [2.45, 2.75) is 13.3 Å². The molecule has 0 fully saturated rings. The predicted molar refractivity (Wildman–Crippen MR) is 86.1 cm³/mol. The molecule has 5 nitrogen and oxygen atoms in total. The maximum atomic E-state index is 12.3. The Hall–Kier alpha value is -2.95. The number of benzene rings is 2. The summed E-state index contributed by atoms with van der Waals surface area (Å²) in [4.78, 5) is 12.3. The standard InChI is InChI=1S/C18H15NO4/c1-2-11-3-5-13(6-4-11)19-18(20)17-8-12-7-15-16(22-10-21-15)9-14(12)23-17/h3-9H,2,10H2,1H3,(H,19,20). The lowest BCUT2D eigenvalue weighted by atomic mass is 10.1. The van der Waals surface area contributed by atoms with Crippen LogP contribution >= 0.6 is 0 Å². The molecule has 116 valence electrons. The minimum atomic E-state index is -0.285. The lowest BCUT2D eigenvalue weighted by Crippen LogP contribution is -2.10. The Labute approximate surface area is 132 Å². The zero-order valence-corrected chi connectivity index (χ0v) is 12.6. The van der Waals surface area contributed by atoms with Gasteiger partial charge in [-0.1, -0.05) is 19.1 Å². The molecule has 3 aromatic rings. The van der Waals surface area contributed by atoms with E-state index in [1.54, 1.807) is 12.1 Å². The molecule has 0 atom stereocenters. The molecule has 0 aliphatic carbocycles. The number of ether oxygens (including phenoxy) is 2. The Morgan fingerprint density at radius 3 is 2.57 bits per heavy atom. The van der Waals surface area contributed by atoms with Gasteiger partial charge in [0.1, 0.15) is 5.58 Å². The minimum Gasteiger partial charge on any atom is -0.454 e. The van der Waals surface area contributed by atoms with E-state index >= 15 is 0 Å². The Morgan fingerprint density at radius 1 is 1.09 bits per heavy atom. The molecule has 23 heavy (non-hydrogen) atoms. The topological polar surface area (TPSA) is 60.7 Å². The molecule has 1 aliphatic heterocycles. The average molecular weight is 309 g/mol. The van der Waals surface area contributed by atoms with E-state index in [-0.39, 0.29) is 18.5 Å². The molecular weight excluding hydrogens is 294 g/mol. The monoisotopic (exact) mass is 309 g/mol. The first-order valence-electron chi connectivity index (χ1n) is 7.46. The van der Waals surface area contributed by atoms with Gasteiger partial charge in [0.2, 0.25) is 6.79 Å². The van der Waals surface area contributed by atoms with Crippen LogP contribution in [0.5, 0.6) is 11.5 Å². The van der Waals surface area contributed by atoms with Gasteiger partial charge in [-0.05, 0) is 36.2 Å². The van der Waals surface area contributed by atoms with Crippen molar-refractivity contribution in [2.24, 2.45) is 0 Å². The lowest BCUT2D eigenvalue weighted by Gasteiger charge is -2.03. The summed E-state index contributed by atoms with van der Waals surface area (Å²) in [7, 11) is 0. The SMILES string of the molecule is CCc1ccc(NC(=O)c2cc3cc4c(cc3o2)OCO4)cc1. The van der Waals surface area contributed by atoms with E-state index in [9.17, 15) is 4.79 Å². The summed E-state index contributed by atoms with van der Waals surface area (Å²) in [5, 5.41) is 3.64. The van der Waals surface area contributed by atoms with Crippen LogP contribution in [0.4, 0.5) is 5.69 Å². The summed E-state index contributed by atoms with van der Waals surface area (Å²) >= 11 is 0. The van der Waals surface area contributed by atoms with Gasteiger partial charge in [0.15, 0.2) is 17.3 Å². The van der Waals surface area contributed by atoms with Gasteiger partial charge < -0.3 is 19.2 Å². The summed E-state index contributed by atoms with van der Waals surface area (Å²) in [6.45, 7) is 2.30. The number of hydrogen-bond acceptors (Lipinski definition) is 4. The van der Waals surface area contributed by atoms with E-state index in [0.29, 0.717) is 17.1 Å². The molecule has 5 heteroatoms. The number of furan rings is 1. The third-order valence-electron chi connectivity index (χ3n) is 3.86. The highest BCUT2D eigenvalue weighted by Crippen LogP contribution is 2.37. The van der Waals surface area contributed by atoms with Crippen molar-refractivity contribution in [3.63, 3.8) is 0 Å². The smallest absolute Gasteiger partial charge is 0.291 e. The van der Waals surface area contributed by atoms with Crippen molar-refractivity contribution in [3.8, 4) is 11.5 Å². The fraction of sp³-hybridized carbons (Fsp3) is 0.167. The van der Waals surface area contributed by atoms with Crippen LogP contribution in [0, 0.1) is 0 Å². The Balaban J connectivity index is 1.59. The predicted octanol–water partition coefficient (Wildman–Crippen LogP) is 3.98. The summed E-state index contributed by atoms with van der Waals surface area (Å²) < 4.78 is 16.3. The first-order valence-corrected chi connectivity index (χ1v) is 7.46. The largest absolute Gasteiger partial charge is 0.454 e. The van der Waals surface area contributed by atoms with Crippen LogP contribution in [0.15, 0.2) is 46.9 Å². The molecule has 1 N–H and O–H groups in total. The molecule has 0 radical (unpaired) electrons. The molecule has 2 heterocycles. The fourth-order valence-electron chi connectivity index (χ4n) is 2.56. The van der Waals surface area contributed by atoms with Crippen molar-refractivity contribution in [2.75, 3.05) is 12.1 Å². The molecule has 0 spiro atoms. The first-order chi connectivity index (χ1) is 11.2. The van der Waals surface area contributed by atoms with Crippen molar-refractivity contribution in [1.29, 1.82) is 0 Å². The molecule has 4 rings (SSSR count). The molecule has 0 bridgehead atoms. The molecule has 0 unspecified atom stereocenters. The van der Waals surface area contributed by atoms with Gasteiger partial charge >= 0.3 is 0 Å². The van der Waals surface area contributed by atoms with Gasteiger partial charge in [0.05, 0.1) is 0 Å². The zero-order valence-electron chi connectivity index (χ0n) is 12.6.